The van der Waals surface area contributed by atoms with E-state index >= 15 is 0 Å². The van der Waals surface area contributed by atoms with E-state index in [9.17, 15) is 14.9 Å². The SMILES string of the molecule is Cc1ccc(-n2ccnc2SCC(=O)Nc2cc([N+](=O)[O-])ccc2Cl)c(C)c1. The number of aryl methyl sites for hydroxylation is 2. The summed E-state index contributed by atoms with van der Waals surface area (Å²) in [5, 5.41) is 14.4. The lowest BCUT2D eigenvalue weighted by molar-refractivity contribution is -0.384. The molecule has 7 nitrogen and oxygen atoms in total. The van der Waals surface area contributed by atoms with Crippen molar-refractivity contribution in [1.82, 2.24) is 9.55 Å². The first kappa shape index (κ1) is 19.9. The first-order valence-corrected chi connectivity index (χ1v) is 9.69. The molecule has 3 rings (SSSR count). The second-order valence-electron chi connectivity index (χ2n) is 6.13. The Bertz CT molecular complexity index is 1050. The Balaban J connectivity index is 1.70. The smallest absolute Gasteiger partial charge is 0.271 e. The molecule has 0 spiro atoms. The van der Waals surface area contributed by atoms with Crippen LogP contribution in [-0.4, -0.2) is 26.1 Å². The fourth-order valence-corrected chi connectivity index (χ4v) is 3.63. The van der Waals surface area contributed by atoms with Gasteiger partial charge in [0.05, 0.1) is 27.1 Å². The number of nitrogens with zero attached hydrogens (tertiary/aromatic N) is 3. The van der Waals surface area contributed by atoms with Crippen LogP contribution in [0.2, 0.25) is 5.02 Å². The Kier molecular flexibility index (Phi) is 6.01. The highest BCUT2D eigenvalue weighted by Gasteiger charge is 2.14. The summed E-state index contributed by atoms with van der Waals surface area (Å²) in [7, 11) is 0. The molecule has 0 aliphatic heterocycles. The Morgan fingerprint density at radius 2 is 2.07 bits per heavy atom. The van der Waals surface area contributed by atoms with Crippen molar-refractivity contribution in [2.24, 2.45) is 0 Å². The monoisotopic (exact) mass is 416 g/mol. The number of anilines is 1. The molecule has 1 amide bonds. The van der Waals surface area contributed by atoms with E-state index in [-0.39, 0.29) is 28.1 Å². The van der Waals surface area contributed by atoms with Crippen LogP contribution in [0.15, 0.2) is 53.9 Å². The summed E-state index contributed by atoms with van der Waals surface area (Å²) in [5.41, 5.74) is 3.33. The van der Waals surface area contributed by atoms with Crippen LogP contribution >= 0.6 is 23.4 Å². The van der Waals surface area contributed by atoms with Crippen LogP contribution in [-0.2, 0) is 4.79 Å². The number of hydrogen-bond donors (Lipinski definition) is 1. The van der Waals surface area contributed by atoms with Crippen molar-refractivity contribution < 1.29 is 9.72 Å². The lowest BCUT2D eigenvalue weighted by atomic mass is 10.1. The molecule has 0 fully saturated rings. The van der Waals surface area contributed by atoms with E-state index in [0.717, 1.165) is 11.3 Å². The summed E-state index contributed by atoms with van der Waals surface area (Å²) >= 11 is 7.29. The fraction of sp³-hybridized carbons (Fsp3) is 0.158. The minimum Gasteiger partial charge on any atom is -0.324 e. The molecule has 0 radical (unpaired) electrons. The van der Waals surface area contributed by atoms with Crippen LogP contribution in [0.5, 0.6) is 0 Å². The summed E-state index contributed by atoms with van der Waals surface area (Å²) in [6.07, 6.45) is 3.52. The number of carbonyl (C=O) groups is 1. The van der Waals surface area contributed by atoms with Crippen molar-refractivity contribution in [2.75, 3.05) is 11.1 Å². The van der Waals surface area contributed by atoms with Crippen molar-refractivity contribution in [1.29, 1.82) is 0 Å². The summed E-state index contributed by atoms with van der Waals surface area (Å²) < 4.78 is 1.92. The van der Waals surface area contributed by atoms with Crippen LogP contribution in [0.4, 0.5) is 11.4 Å². The number of benzene rings is 2. The van der Waals surface area contributed by atoms with Crippen LogP contribution in [0.1, 0.15) is 11.1 Å². The number of imidazole rings is 1. The number of nitrogens with one attached hydrogen (secondary N) is 1. The Labute approximate surface area is 170 Å². The van der Waals surface area contributed by atoms with E-state index in [0.29, 0.717) is 5.16 Å². The molecule has 1 N–H and O–H groups in total. The summed E-state index contributed by atoms with van der Waals surface area (Å²) in [4.78, 5) is 27.0. The molecule has 0 bridgehead atoms. The van der Waals surface area contributed by atoms with Crippen molar-refractivity contribution >= 4 is 40.6 Å². The van der Waals surface area contributed by atoms with Crippen LogP contribution < -0.4 is 5.32 Å². The first-order chi connectivity index (χ1) is 13.3. The fourth-order valence-electron chi connectivity index (χ4n) is 2.69. The van der Waals surface area contributed by atoms with E-state index < -0.39 is 4.92 Å². The number of nitro groups is 1. The van der Waals surface area contributed by atoms with Gasteiger partial charge in [-0.25, -0.2) is 4.98 Å². The number of rotatable bonds is 6. The third kappa shape index (κ3) is 4.52. The van der Waals surface area contributed by atoms with Gasteiger partial charge in [0.15, 0.2) is 5.16 Å². The summed E-state index contributed by atoms with van der Waals surface area (Å²) in [5.74, 6) is -0.247. The zero-order valence-electron chi connectivity index (χ0n) is 15.2. The molecular weight excluding hydrogens is 400 g/mol. The highest BCUT2D eigenvalue weighted by molar-refractivity contribution is 7.99. The highest BCUT2D eigenvalue weighted by Crippen LogP contribution is 2.28. The zero-order valence-corrected chi connectivity index (χ0v) is 16.8. The number of aromatic nitrogens is 2. The average Bonchev–Trinajstić information content (AvgIpc) is 3.10. The predicted molar refractivity (Wildman–Crippen MR) is 110 cm³/mol. The topological polar surface area (TPSA) is 90.1 Å². The van der Waals surface area contributed by atoms with Gasteiger partial charge in [0.1, 0.15) is 0 Å². The first-order valence-electron chi connectivity index (χ1n) is 8.32. The molecule has 3 aromatic rings. The molecule has 0 saturated carbocycles. The lowest BCUT2D eigenvalue weighted by Gasteiger charge is -2.11. The number of thioether (sulfide) groups is 1. The van der Waals surface area contributed by atoms with Gasteiger partial charge in [-0.3, -0.25) is 19.5 Å². The Morgan fingerprint density at radius 3 is 2.79 bits per heavy atom. The van der Waals surface area contributed by atoms with Gasteiger partial charge in [0.25, 0.3) is 5.69 Å². The quantitative estimate of drug-likeness (QED) is 0.354. The van der Waals surface area contributed by atoms with Crippen molar-refractivity contribution in [2.45, 2.75) is 19.0 Å². The second kappa shape index (κ2) is 8.45. The van der Waals surface area contributed by atoms with Crippen molar-refractivity contribution in [3.8, 4) is 5.69 Å². The summed E-state index contributed by atoms with van der Waals surface area (Å²) in [6.45, 7) is 4.05. The van der Waals surface area contributed by atoms with E-state index in [1.165, 1.54) is 35.5 Å². The Morgan fingerprint density at radius 1 is 1.29 bits per heavy atom. The Hall–Kier alpha value is -2.84. The molecule has 0 aliphatic carbocycles. The van der Waals surface area contributed by atoms with E-state index in [4.69, 9.17) is 11.6 Å². The maximum atomic E-state index is 12.3. The van der Waals surface area contributed by atoms with Gasteiger partial charge >= 0.3 is 0 Å². The maximum Gasteiger partial charge on any atom is 0.271 e. The molecule has 144 valence electrons. The molecule has 0 atom stereocenters. The molecule has 0 unspecified atom stereocenters. The van der Waals surface area contributed by atoms with Gasteiger partial charge in [-0.15, -0.1) is 0 Å². The van der Waals surface area contributed by atoms with Crippen LogP contribution in [0.25, 0.3) is 5.69 Å². The third-order valence-corrected chi connectivity index (χ3v) is 5.28. The molecule has 9 heteroatoms. The van der Waals surface area contributed by atoms with E-state index in [1.54, 1.807) is 6.20 Å². The lowest BCUT2D eigenvalue weighted by Crippen LogP contribution is -2.15. The van der Waals surface area contributed by atoms with E-state index in [2.05, 4.69) is 16.4 Å². The van der Waals surface area contributed by atoms with Crippen molar-refractivity contribution in [3.05, 3.63) is 75.1 Å². The van der Waals surface area contributed by atoms with Crippen LogP contribution in [0.3, 0.4) is 0 Å². The number of halogens is 1. The normalized spacial score (nSPS) is 10.7. The molecule has 0 saturated heterocycles. The van der Waals surface area contributed by atoms with Gasteiger partial charge in [0, 0.05) is 24.5 Å². The minimum absolute atomic E-state index is 0.0843. The van der Waals surface area contributed by atoms with Gasteiger partial charge < -0.3 is 5.32 Å². The predicted octanol–water partition coefficient (Wildman–Crippen LogP) is 4.78. The molecule has 1 heterocycles. The molecule has 28 heavy (non-hydrogen) atoms. The van der Waals surface area contributed by atoms with Gasteiger partial charge in [-0.1, -0.05) is 41.1 Å². The molecule has 0 aliphatic rings. The highest BCUT2D eigenvalue weighted by atomic mass is 35.5. The van der Waals surface area contributed by atoms with Gasteiger partial charge in [-0.2, -0.15) is 0 Å². The number of hydrogen-bond acceptors (Lipinski definition) is 5. The largest absolute Gasteiger partial charge is 0.324 e. The molecule has 2 aromatic carbocycles. The van der Waals surface area contributed by atoms with Crippen LogP contribution in [0, 0.1) is 24.0 Å². The summed E-state index contributed by atoms with van der Waals surface area (Å²) in [6, 6.07) is 10.0. The average molecular weight is 417 g/mol. The van der Waals surface area contributed by atoms with Gasteiger partial charge in [-0.05, 0) is 31.5 Å². The minimum atomic E-state index is -0.540. The second-order valence-corrected chi connectivity index (χ2v) is 7.48. The zero-order chi connectivity index (χ0) is 20.3. The molecular formula is C19H17ClN4O3S. The van der Waals surface area contributed by atoms with E-state index in [1.807, 2.05) is 36.7 Å². The number of carbonyl (C=O) groups excluding carboxylic acids is 1. The van der Waals surface area contributed by atoms with Crippen molar-refractivity contribution in [3.63, 3.8) is 0 Å². The third-order valence-electron chi connectivity index (χ3n) is 3.99. The number of non-ortho nitro benzene ring substituents is 1. The number of nitro benzene ring substituents is 1. The standard InChI is InChI=1S/C19H17ClN4O3S/c1-12-3-6-17(13(2)9-12)23-8-7-21-19(23)28-11-18(25)22-16-10-14(24(26)27)4-5-15(16)20/h3-10H,11H2,1-2H3,(H,22,25). The number of amides is 1. The molecule has 1 aromatic heterocycles. The maximum absolute atomic E-state index is 12.3. The van der Waals surface area contributed by atoms with Gasteiger partial charge in [0.2, 0.25) is 5.91 Å².